The van der Waals surface area contributed by atoms with E-state index in [9.17, 15) is 9.59 Å². The highest BCUT2D eigenvalue weighted by Crippen LogP contribution is 2.42. The van der Waals surface area contributed by atoms with E-state index >= 15 is 0 Å². The average molecular weight is 281 g/mol. The molecule has 1 aliphatic rings. The zero-order chi connectivity index (χ0) is 14.2. The fraction of sp³-hybridized carbons (Fsp3) is 0.571. The van der Waals surface area contributed by atoms with Crippen LogP contribution in [0, 0.1) is 6.92 Å². The molecular formula is C14H19NO3S. The molecule has 5 heteroatoms. The van der Waals surface area contributed by atoms with Gasteiger partial charge in [0.25, 0.3) is 0 Å². The van der Waals surface area contributed by atoms with Gasteiger partial charge in [0.15, 0.2) is 0 Å². The lowest BCUT2D eigenvalue weighted by Gasteiger charge is -2.31. The highest BCUT2D eigenvalue weighted by Gasteiger charge is 2.50. The monoisotopic (exact) mass is 281 g/mol. The Morgan fingerprint density at radius 2 is 2.26 bits per heavy atom. The zero-order valence-corrected chi connectivity index (χ0v) is 12.5. The van der Waals surface area contributed by atoms with Crippen LogP contribution in [-0.2, 0) is 14.3 Å². The van der Waals surface area contributed by atoms with Crippen molar-refractivity contribution in [3.8, 4) is 0 Å². The molecule has 2 rings (SSSR count). The lowest BCUT2D eigenvalue weighted by atomic mass is 10.1. The van der Waals surface area contributed by atoms with Gasteiger partial charge >= 0.3 is 0 Å². The van der Waals surface area contributed by atoms with Crippen LogP contribution >= 0.6 is 11.3 Å². The molecule has 1 aromatic heterocycles. The fourth-order valence-corrected chi connectivity index (χ4v) is 3.50. The first-order chi connectivity index (χ1) is 8.90. The summed E-state index contributed by atoms with van der Waals surface area (Å²) in [6.45, 7) is 7.46. The first-order valence-electron chi connectivity index (χ1n) is 6.41. The number of nitrogens with zero attached hydrogens (tertiary/aromatic N) is 1. The summed E-state index contributed by atoms with van der Waals surface area (Å²) in [6, 6.07) is 1.47. The molecule has 2 heterocycles. The quantitative estimate of drug-likeness (QED) is 0.800. The third kappa shape index (κ3) is 2.44. The SMILES string of the molecule is CCC(=O)N1[C@@H](C=O)[C@@H](c2cc(C)cs2)OC1(C)C. The van der Waals surface area contributed by atoms with Crippen LogP contribution in [-0.4, -0.2) is 28.9 Å². The Morgan fingerprint density at radius 1 is 1.58 bits per heavy atom. The normalized spacial score (nSPS) is 25.6. The molecule has 1 amide bonds. The van der Waals surface area contributed by atoms with E-state index in [1.807, 2.05) is 32.2 Å². The van der Waals surface area contributed by atoms with Gasteiger partial charge in [-0.15, -0.1) is 11.3 Å². The molecule has 1 saturated heterocycles. The minimum atomic E-state index is -0.749. The Balaban J connectivity index is 2.38. The Bertz CT molecular complexity index is 495. The molecule has 0 aromatic carbocycles. The molecule has 0 bridgehead atoms. The smallest absolute Gasteiger partial charge is 0.225 e. The molecule has 0 N–H and O–H groups in total. The Hall–Kier alpha value is -1.20. The van der Waals surface area contributed by atoms with Crippen molar-refractivity contribution in [2.45, 2.75) is 52.0 Å². The largest absolute Gasteiger partial charge is 0.345 e. The number of aldehydes is 1. The Kier molecular flexibility index (Phi) is 3.78. The molecule has 1 fully saturated rings. The summed E-state index contributed by atoms with van der Waals surface area (Å²) < 4.78 is 5.97. The van der Waals surface area contributed by atoms with E-state index in [0.29, 0.717) is 6.42 Å². The molecule has 0 unspecified atom stereocenters. The van der Waals surface area contributed by atoms with Crippen LogP contribution in [0.25, 0.3) is 0 Å². The van der Waals surface area contributed by atoms with Gasteiger partial charge in [-0.05, 0) is 37.8 Å². The van der Waals surface area contributed by atoms with Crippen molar-refractivity contribution >= 4 is 23.5 Å². The number of aryl methyl sites for hydroxylation is 1. The van der Waals surface area contributed by atoms with Crippen LogP contribution in [0.15, 0.2) is 11.4 Å². The van der Waals surface area contributed by atoms with Crippen LogP contribution < -0.4 is 0 Å². The zero-order valence-electron chi connectivity index (χ0n) is 11.7. The average Bonchev–Trinajstić information content (AvgIpc) is 2.89. The number of carbonyl (C=O) groups excluding carboxylic acids is 2. The maximum Gasteiger partial charge on any atom is 0.225 e. The number of carbonyl (C=O) groups is 2. The van der Waals surface area contributed by atoms with Crippen LogP contribution in [0.1, 0.15) is 43.7 Å². The molecule has 104 valence electrons. The summed E-state index contributed by atoms with van der Waals surface area (Å²) in [7, 11) is 0. The van der Waals surface area contributed by atoms with Crippen LogP contribution in [0.2, 0.25) is 0 Å². The summed E-state index contributed by atoms with van der Waals surface area (Å²) in [5.41, 5.74) is 0.396. The van der Waals surface area contributed by atoms with Crippen LogP contribution in [0.4, 0.5) is 0 Å². The molecule has 0 radical (unpaired) electrons. The predicted molar refractivity (Wildman–Crippen MR) is 74.0 cm³/mol. The van der Waals surface area contributed by atoms with Crippen molar-refractivity contribution < 1.29 is 14.3 Å². The fourth-order valence-electron chi connectivity index (χ4n) is 2.53. The van der Waals surface area contributed by atoms with Crippen molar-refractivity contribution in [2.24, 2.45) is 0 Å². The van der Waals surface area contributed by atoms with Gasteiger partial charge in [-0.2, -0.15) is 0 Å². The van der Waals surface area contributed by atoms with Crippen molar-refractivity contribution in [1.29, 1.82) is 0 Å². The van der Waals surface area contributed by atoms with E-state index in [2.05, 4.69) is 0 Å². The van der Waals surface area contributed by atoms with Crippen molar-refractivity contribution in [2.75, 3.05) is 0 Å². The second-order valence-corrected chi connectivity index (χ2v) is 6.20. The second-order valence-electron chi connectivity index (χ2n) is 5.26. The molecular weight excluding hydrogens is 262 g/mol. The van der Waals surface area contributed by atoms with Gasteiger partial charge in [-0.1, -0.05) is 6.92 Å². The summed E-state index contributed by atoms with van der Waals surface area (Å²) in [5, 5.41) is 2.03. The Labute approximate surface area is 117 Å². The van der Waals surface area contributed by atoms with E-state index in [1.54, 1.807) is 23.2 Å². The van der Waals surface area contributed by atoms with Gasteiger partial charge in [-0.25, -0.2) is 0 Å². The molecule has 0 spiro atoms. The maximum absolute atomic E-state index is 12.1. The number of ether oxygens (including phenoxy) is 1. The third-order valence-electron chi connectivity index (χ3n) is 3.35. The molecule has 1 aromatic rings. The predicted octanol–water partition coefficient (Wildman–Crippen LogP) is 2.67. The summed E-state index contributed by atoms with van der Waals surface area (Å²) in [4.78, 5) is 26.1. The Morgan fingerprint density at radius 3 is 2.74 bits per heavy atom. The number of rotatable bonds is 3. The number of amides is 1. The first-order valence-corrected chi connectivity index (χ1v) is 7.29. The van der Waals surface area contributed by atoms with Gasteiger partial charge in [0.2, 0.25) is 5.91 Å². The highest BCUT2D eigenvalue weighted by molar-refractivity contribution is 7.10. The van der Waals surface area contributed by atoms with Crippen molar-refractivity contribution in [3.63, 3.8) is 0 Å². The molecule has 4 nitrogen and oxygen atoms in total. The molecule has 1 aliphatic heterocycles. The van der Waals surface area contributed by atoms with Crippen molar-refractivity contribution in [3.05, 3.63) is 21.9 Å². The van der Waals surface area contributed by atoms with E-state index in [4.69, 9.17) is 4.74 Å². The molecule has 0 saturated carbocycles. The number of hydrogen-bond acceptors (Lipinski definition) is 4. The van der Waals surface area contributed by atoms with Crippen LogP contribution in [0.5, 0.6) is 0 Å². The minimum absolute atomic E-state index is 0.0575. The van der Waals surface area contributed by atoms with Gasteiger partial charge < -0.3 is 14.4 Å². The van der Waals surface area contributed by atoms with Gasteiger partial charge in [0.1, 0.15) is 24.2 Å². The van der Waals surface area contributed by atoms with E-state index in [-0.39, 0.29) is 12.0 Å². The second kappa shape index (κ2) is 5.06. The molecule has 2 atom stereocenters. The van der Waals surface area contributed by atoms with Gasteiger partial charge in [0.05, 0.1) is 0 Å². The summed E-state index contributed by atoms with van der Waals surface area (Å²) in [6.07, 6.45) is 0.830. The van der Waals surface area contributed by atoms with E-state index in [1.165, 1.54) is 0 Å². The summed E-state index contributed by atoms with van der Waals surface area (Å²) >= 11 is 1.57. The number of hydrogen-bond donors (Lipinski definition) is 0. The highest BCUT2D eigenvalue weighted by atomic mass is 32.1. The topological polar surface area (TPSA) is 46.6 Å². The first kappa shape index (κ1) is 14.2. The van der Waals surface area contributed by atoms with E-state index < -0.39 is 11.8 Å². The lowest BCUT2D eigenvalue weighted by molar-refractivity contribution is -0.148. The van der Waals surface area contributed by atoms with Crippen LogP contribution in [0.3, 0.4) is 0 Å². The molecule has 0 aliphatic carbocycles. The standard InChI is InChI=1S/C14H19NO3S/c1-5-12(17)15-10(7-16)13(18-14(15,3)4)11-6-9(2)8-19-11/h6-8,10,13H,5H2,1-4H3/t10-,13-/m0/s1. The van der Waals surface area contributed by atoms with Gasteiger partial charge in [-0.3, -0.25) is 4.79 Å². The minimum Gasteiger partial charge on any atom is -0.345 e. The molecule has 19 heavy (non-hydrogen) atoms. The van der Waals surface area contributed by atoms with Crippen molar-refractivity contribution in [1.82, 2.24) is 4.90 Å². The summed E-state index contributed by atoms with van der Waals surface area (Å²) in [5.74, 6) is -0.0575. The lowest BCUT2D eigenvalue weighted by Crippen LogP contribution is -2.48. The third-order valence-corrected chi connectivity index (χ3v) is 4.46. The maximum atomic E-state index is 12.1. The van der Waals surface area contributed by atoms with Gasteiger partial charge in [0, 0.05) is 11.3 Å². The van der Waals surface area contributed by atoms with E-state index in [0.717, 1.165) is 16.7 Å². The number of thiophene rings is 1.